The van der Waals surface area contributed by atoms with E-state index in [0.717, 1.165) is 11.1 Å². The normalized spacial score (nSPS) is 16.9. The van der Waals surface area contributed by atoms with Crippen LogP contribution in [0.1, 0.15) is 33.8 Å². The van der Waals surface area contributed by atoms with Gasteiger partial charge in [0.15, 0.2) is 5.78 Å². The van der Waals surface area contributed by atoms with Gasteiger partial charge in [-0.25, -0.2) is 4.79 Å². The molecule has 110 valence electrons. The first-order chi connectivity index (χ1) is 10.6. The van der Waals surface area contributed by atoms with Gasteiger partial charge in [0, 0.05) is 29.0 Å². The number of Topliss-reactive ketones (excluding diaryl/α,β-unsaturated/α-hetero) is 1. The number of esters is 1. The van der Waals surface area contributed by atoms with Crippen LogP contribution in [0, 0.1) is 6.92 Å². The van der Waals surface area contributed by atoms with E-state index in [1.807, 2.05) is 43.3 Å². The quantitative estimate of drug-likeness (QED) is 0.374. The number of rotatable bonds is 3. The first kappa shape index (κ1) is 14.3. The number of benzene rings is 2. The van der Waals surface area contributed by atoms with Gasteiger partial charge >= 0.3 is 5.97 Å². The molecule has 0 amide bonds. The minimum absolute atomic E-state index is 0.00650. The van der Waals surface area contributed by atoms with Crippen LogP contribution < -0.4 is 4.74 Å². The lowest BCUT2D eigenvalue weighted by Crippen LogP contribution is -2.24. The largest absolute Gasteiger partial charge is 0.423 e. The maximum atomic E-state index is 12.4. The maximum Gasteiger partial charge on any atom is 0.339 e. The topological polar surface area (TPSA) is 43.4 Å². The number of aryl methyl sites for hydroxylation is 1. The van der Waals surface area contributed by atoms with E-state index in [2.05, 4.69) is 6.58 Å². The van der Waals surface area contributed by atoms with E-state index in [9.17, 15) is 9.59 Å². The lowest BCUT2D eigenvalue weighted by molar-refractivity contribution is -0.131. The van der Waals surface area contributed by atoms with Crippen molar-refractivity contribution >= 4 is 11.8 Å². The van der Waals surface area contributed by atoms with Crippen molar-refractivity contribution in [1.82, 2.24) is 0 Å². The van der Waals surface area contributed by atoms with E-state index in [-0.39, 0.29) is 18.1 Å². The van der Waals surface area contributed by atoms with Gasteiger partial charge in [0.05, 0.1) is 0 Å². The van der Waals surface area contributed by atoms with Crippen LogP contribution in [0.3, 0.4) is 0 Å². The standard InChI is InChI=1S/C19H16O3/c1-12-8-9-15-16(13(2)19(21)22-18(15)10-12)11-17(20)14-6-4-3-5-7-14/h3-10,16H,2,11H2,1H3/t16-/m1/s1. The molecule has 22 heavy (non-hydrogen) atoms. The molecule has 0 spiro atoms. The highest BCUT2D eigenvalue weighted by atomic mass is 16.5. The Labute approximate surface area is 129 Å². The van der Waals surface area contributed by atoms with Crippen molar-refractivity contribution in [2.24, 2.45) is 0 Å². The summed E-state index contributed by atoms with van der Waals surface area (Å²) in [4.78, 5) is 24.4. The van der Waals surface area contributed by atoms with E-state index in [1.165, 1.54) is 0 Å². The van der Waals surface area contributed by atoms with Crippen molar-refractivity contribution < 1.29 is 14.3 Å². The van der Waals surface area contributed by atoms with E-state index in [1.54, 1.807) is 12.1 Å². The predicted octanol–water partition coefficient (Wildman–Crippen LogP) is 3.83. The second kappa shape index (κ2) is 5.60. The Balaban J connectivity index is 1.94. The van der Waals surface area contributed by atoms with E-state index in [0.29, 0.717) is 16.9 Å². The van der Waals surface area contributed by atoms with Crippen LogP contribution in [0.4, 0.5) is 0 Å². The average molecular weight is 292 g/mol. The van der Waals surface area contributed by atoms with Gasteiger partial charge in [0.25, 0.3) is 0 Å². The summed E-state index contributed by atoms with van der Waals surface area (Å²) in [6.45, 7) is 5.75. The molecule has 1 heterocycles. The fourth-order valence-electron chi connectivity index (χ4n) is 2.67. The van der Waals surface area contributed by atoms with E-state index >= 15 is 0 Å². The van der Waals surface area contributed by atoms with Crippen molar-refractivity contribution in [3.8, 4) is 5.75 Å². The molecule has 2 aromatic rings. The molecule has 3 heteroatoms. The molecule has 1 aliphatic heterocycles. The van der Waals surface area contributed by atoms with Crippen LogP contribution in [0.2, 0.25) is 0 Å². The van der Waals surface area contributed by atoms with Gasteiger partial charge in [-0.3, -0.25) is 4.79 Å². The van der Waals surface area contributed by atoms with Gasteiger partial charge in [0.1, 0.15) is 5.75 Å². The monoisotopic (exact) mass is 292 g/mol. The predicted molar refractivity (Wildman–Crippen MR) is 84.1 cm³/mol. The summed E-state index contributed by atoms with van der Waals surface area (Å²) in [5.41, 5.74) is 2.83. The number of fused-ring (bicyclic) bond motifs is 1. The van der Waals surface area contributed by atoms with Gasteiger partial charge in [0.2, 0.25) is 0 Å². The van der Waals surface area contributed by atoms with E-state index < -0.39 is 5.97 Å². The number of ether oxygens (including phenoxy) is 1. The number of carbonyl (C=O) groups is 2. The Morgan fingerprint density at radius 2 is 1.91 bits per heavy atom. The molecule has 1 atom stereocenters. The third-order valence-corrected chi connectivity index (χ3v) is 3.92. The summed E-state index contributed by atoms with van der Waals surface area (Å²) in [5.74, 6) is -0.259. The van der Waals surface area contributed by atoms with Crippen LogP contribution in [0.15, 0.2) is 60.7 Å². The highest BCUT2D eigenvalue weighted by Crippen LogP contribution is 2.39. The Hall–Kier alpha value is -2.68. The Morgan fingerprint density at radius 3 is 2.64 bits per heavy atom. The molecule has 0 fully saturated rings. The summed E-state index contributed by atoms with van der Waals surface area (Å²) < 4.78 is 5.29. The minimum Gasteiger partial charge on any atom is -0.423 e. The van der Waals surface area contributed by atoms with Crippen molar-refractivity contribution in [2.45, 2.75) is 19.3 Å². The first-order valence-corrected chi connectivity index (χ1v) is 7.16. The van der Waals surface area contributed by atoms with Gasteiger partial charge < -0.3 is 4.74 Å². The molecule has 0 saturated carbocycles. The second-order valence-corrected chi connectivity index (χ2v) is 5.50. The fourth-order valence-corrected chi connectivity index (χ4v) is 2.67. The molecule has 0 N–H and O–H groups in total. The highest BCUT2D eigenvalue weighted by Gasteiger charge is 2.32. The zero-order valence-electron chi connectivity index (χ0n) is 12.3. The Kier molecular flexibility index (Phi) is 3.63. The first-order valence-electron chi connectivity index (χ1n) is 7.16. The molecule has 1 aliphatic rings. The van der Waals surface area contributed by atoms with Crippen LogP contribution in [-0.2, 0) is 4.79 Å². The SMILES string of the molecule is C=C1C(=O)Oc2cc(C)ccc2[C@@H]1CC(=O)c1ccccc1. The minimum atomic E-state index is -0.455. The van der Waals surface area contributed by atoms with Crippen LogP contribution in [0.25, 0.3) is 0 Å². The molecule has 3 rings (SSSR count). The summed E-state index contributed by atoms with van der Waals surface area (Å²) in [7, 11) is 0. The molecule has 0 saturated heterocycles. The average Bonchev–Trinajstić information content (AvgIpc) is 2.52. The van der Waals surface area contributed by atoms with E-state index in [4.69, 9.17) is 4.74 Å². The summed E-state index contributed by atoms with van der Waals surface area (Å²) in [5, 5.41) is 0. The Morgan fingerprint density at radius 1 is 1.18 bits per heavy atom. The Bertz CT molecular complexity index is 760. The summed E-state index contributed by atoms with van der Waals surface area (Å²) >= 11 is 0. The van der Waals surface area contributed by atoms with Crippen molar-refractivity contribution in [1.29, 1.82) is 0 Å². The highest BCUT2D eigenvalue weighted by molar-refractivity contribution is 6.00. The number of hydrogen-bond acceptors (Lipinski definition) is 3. The number of ketones is 1. The molecule has 3 nitrogen and oxygen atoms in total. The third kappa shape index (κ3) is 2.58. The molecule has 0 unspecified atom stereocenters. The number of carbonyl (C=O) groups excluding carboxylic acids is 2. The zero-order valence-corrected chi connectivity index (χ0v) is 12.3. The summed E-state index contributed by atoms with van der Waals surface area (Å²) in [6.07, 6.45) is 0.216. The van der Waals surface area contributed by atoms with Crippen LogP contribution in [-0.4, -0.2) is 11.8 Å². The number of hydrogen-bond donors (Lipinski definition) is 0. The van der Waals surface area contributed by atoms with Crippen LogP contribution >= 0.6 is 0 Å². The second-order valence-electron chi connectivity index (χ2n) is 5.50. The van der Waals surface area contributed by atoms with Gasteiger partial charge in [-0.2, -0.15) is 0 Å². The molecule has 0 bridgehead atoms. The fraction of sp³-hybridized carbons (Fsp3) is 0.158. The lowest BCUT2D eigenvalue weighted by atomic mass is 9.84. The van der Waals surface area contributed by atoms with Crippen molar-refractivity contribution in [2.75, 3.05) is 0 Å². The molecular weight excluding hydrogens is 276 g/mol. The van der Waals surface area contributed by atoms with Crippen molar-refractivity contribution in [3.63, 3.8) is 0 Å². The van der Waals surface area contributed by atoms with Crippen molar-refractivity contribution in [3.05, 3.63) is 77.4 Å². The third-order valence-electron chi connectivity index (χ3n) is 3.92. The molecule has 0 aliphatic carbocycles. The van der Waals surface area contributed by atoms with Gasteiger partial charge in [-0.15, -0.1) is 0 Å². The van der Waals surface area contributed by atoms with Crippen LogP contribution in [0.5, 0.6) is 5.75 Å². The van der Waals surface area contributed by atoms with Gasteiger partial charge in [-0.1, -0.05) is 49.0 Å². The molecule has 0 radical (unpaired) electrons. The zero-order chi connectivity index (χ0) is 15.7. The molecule has 2 aromatic carbocycles. The lowest BCUT2D eigenvalue weighted by Gasteiger charge is -2.26. The molecule has 0 aromatic heterocycles. The molecular formula is C19H16O3. The maximum absolute atomic E-state index is 12.4. The van der Waals surface area contributed by atoms with Gasteiger partial charge in [-0.05, 0) is 18.6 Å². The summed E-state index contributed by atoms with van der Waals surface area (Å²) in [6, 6.07) is 14.8. The smallest absolute Gasteiger partial charge is 0.339 e.